The van der Waals surface area contributed by atoms with Gasteiger partial charge in [-0.2, -0.15) is 0 Å². The number of cyclic esters (lactones) is 1. The van der Waals surface area contributed by atoms with Crippen molar-refractivity contribution in [3.8, 4) is 0 Å². The summed E-state index contributed by atoms with van der Waals surface area (Å²) >= 11 is 5.16. The molecule has 1 aromatic rings. The fraction of sp³-hybridized carbons (Fsp3) is 0.444. The molecule has 2 nitrogen and oxygen atoms in total. The smallest absolute Gasteiger partial charge is 0.306 e. The average molecular weight is 261 g/mol. The number of halogens is 1. The zero-order valence-electron chi connectivity index (χ0n) is 6.90. The number of carbonyl (C=O) groups is 1. The minimum absolute atomic E-state index is 0.0822. The van der Waals surface area contributed by atoms with E-state index in [2.05, 4.69) is 15.9 Å². The maximum Gasteiger partial charge on any atom is 0.306 e. The molecule has 4 heteroatoms. The van der Waals surface area contributed by atoms with Gasteiger partial charge in [-0.1, -0.05) is 22.0 Å². The average Bonchev–Trinajstić information content (AvgIpc) is 2.61. The molecule has 1 saturated heterocycles. The van der Waals surface area contributed by atoms with Gasteiger partial charge in [0.1, 0.15) is 6.10 Å². The summed E-state index contributed by atoms with van der Waals surface area (Å²) in [6.07, 6.45) is 1.31. The van der Waals surface area contributed by atoms with Gasteiger partial charge in [0.05, 0.1) is 4.83 Å². The normalized spacial score (nSPS) is 28.5. The standard InChI is InChI=1S/C9H9BrO2S/c10-6-3-4-8(11)12-9(6)7-2-1-5-13-7/h1-2,5-6,9H,3-4H2/t6-,9-/m1/s1. The van der Waals surface area contributed by atoms with Gasteiger partial charge in [-0.3, -0.25) is 4.79 Å². The molecular weight excluding hydrogens is 252 g/mol. The molecule has 1 aliphatic rings. The lowest BCUT2D eigenvalue weighted by Crippen LogP contribution is -2.25. The predicted octanol–water partition coefficient (Wildman–Crippen LogP) is 2.89. The monoisotopic (exact) mass is 260 g/mol. The first kappa shape index (κ1) is 9.21. The number of thiophene rings is 1. The Balaban J connectivity index is 2.17. The van der Waals surface area contributed by atoms with E-state index < -0.39 is 0 Å². The number of hydrogen-bond donors (Lipinski definition) is 0. The zero-order chi connectivity index (χ0) is 9.26. The molecule has 1 fully saturated rings. The van der Waals surface area contributed by atoms with E-state index in [-0.39, 0.29) is 16.9 Å². The number of esters is 1. The van der Waals surface area contributed by atoms with Crippen molar-refractivity contribution < 1.29 is 9.53 Å². The van der Waals surface area contributed by atoms with E-state index >= 15 is 0 Å². The van der Waals surface area contributed by atoms with Crippen LogP contribution in [0.3, 0.4) is 0 Å². The first-order chi connectivity index (χ1) is 6.27. The summed E-state index contributed by atoms with van der Waals surface area (Å²) in [6.45, 7) is 0. The second-order valence-electron chi connectivity index (χ2n) is 2.98. The molecule has 0 spiro atoms. The number of rotatable bonds is 1. The molecule has 0 unspecified atom stereocenters. The van der Waals surface area contributed by atoms with Crippen LogP contribution in [-0.2, 0) is 9.53 Å². The Bertz CT molecular complexity index is 297. The Morgan fingerprint density at radius 3 is 3.15 bits per heavy atom. The molecule has 0 saturated carbocycles. The molecule has 0 N–H and O–H groups in total. The van der Waals surface area contributed by atoms with Crippen LogP contribution in [0.1, 0.15) is 23.8 Å². The van der Waals surface area contributed by atoms with Crippen molar-refractivity contribution in [2.24, 2.45) is 0 Å². The third kappa shape index (κ3) is 1.94. The molecule has 0 amide bonds. The zero-order valence-corrected chi connectivity index (χ0v) is 9.31. The SMILES string of the molecule is O=C1CC[C@@H](Br)[C@H](c2cccs2)O1. The highest BCUT2D eigenvalue weighted by atomic mass is 79.9. The molecular formula is C9H9BrO2S. The molecule has 2 rings (SSSR count). The highest BCUT2D eigenvalue weighted by Gasteiger charge is 2.30. The minimum Gasteiger partial charge on any atom is -0.455 e. The van der Waals surface area contributed by atoms with E-state index in [0.717, 1.165) is 11.3 Å². The number of alkyl halides is 1. The largest absolute Gasteiger partial charge is 0.455 e. The van der Waals surface area contributed by atoms with E-state index in [9.17, 15) is 4.79 Å². The molecule has 0 aliphatic carbocycles. The van der Waals surface area contributed by atoms with Crippen LogP contribution in [0.4, 0.5) is 0 Å². The lowest BCUT2D eigenvalue weighted by atomic mass is 10.1. The van der Waals surface area contributed by atoms with Gasteiger partial charge < -0.3 is 4.74 Å². The lowest BCUT2D eigenvalue weighted by Gasteiger charge is -2.26. The van der Waals surface area contributed by atoms with Crippen molar-refractivity contribution in [2.75, 3.05) is 0 Å². The Kier molecular flexibility index (Phi) is 2.69. The fourth-order valence-electron chi connectivity index (χ4n) is 1.37. The maximum absolute atomic E-state index is 11.1. The van der Waals surface area contributed by atoms with Crippen molar-refractivity contribution in [3.63, 3.8) is 0 Å². The van der Waals surface area contributed by atoms with Crippen LogP contribution in [0.2, 0.25) is 0 Å². The summed E-state index contributed by atoms with van der Waals surface area (Å²) in [6, 6.07) is 3.98. The van der Waals surface area contributed by atoms with E-state index in [1.807, 2.05) is 17.5 Å². The Morgan fingerprint density at radius 2 is 2.46 bits per heavy atom. The molecule has 70 valence electrons. The van der Waals surface area contributed by atoms with Gasteiger partial charge >= 0.3 is 5.97 Å². The van der Waals surface area contributed by atoms with Crippen LogP contribution in [0.25, 0.3) is 0 Å². The molecule has 2 atom stereocenters. The van der Waals surface area contributed by atoms with Crippen LogP contribution < -0.4 is 0 Å². The third-order valence-corrected chi connectivity index (χ3v) is 3.91. The van der Waals surface area contributed by atoms with E-state index in [0.29, 0.717) is 6.42 Å². The second-order valence-corrected chi connectivity index (χ2v) is 5.14. The predicted molar refractivity (Wildman–Crippen MR) is 55.1 cm³/mol. The Hall–Kier alpha value is -0.350. The highest BCUT2D eigenvalue weighted by molar-refractivity contribution is 9.09. The summed E-state index contributed by atoms with van der Waals surface area (Å²) in [4.78, 5) is 12.5. The van der Waals surface area contributed by atoms with Crippen LogP contribution >= 0.6 is 27.3 Å². The molecule has 1 aromatic heterocycles. The van der Waals surface area contributed by atoms with Gasteiger partial charge in [0, 0.05) is 11.3 Å². The maximum atomic E-state index is 11.1. The summed E-state index contributed by atoms with van der Waals surface area (Å²) in [7, 11) is 0. The van der Waals surface area contributed by atoms with Gasteiger partial charge in [-0.15, -0.1) is 11.3 Å². The van der Waals surface area contributed by atoms with Crippen LogP contribution in [-0.4, -0.2) is 10.8 Å². The van der Waals surface area contributed by atoms with Crippen molar-refractivity contribution in [2.45, 2.75) is 23.8 Å². The first-order valence-electron chi connectivity index (χ1n) is 4.14. The summed E-state index contributed by atoms with van der Waals surface area (Å²) in [5.74, 6) is -0.0888. The molecule has 1 aliphatic heterocycles. The minimum atomic E-state index is -0.0888. The van der Waals surface area contributed by atoms with E-state index in [1.165, 1.54) is 0 Å². The van der Waals surface area contributed by atoms with Gasteiger partial charge in [0.15, 0.2) is 0 Å². The van der Waals surface area contributed by atoms with E-state index in [1.54, 1.807) is 11.3 Å². The number of carbonyl (C=O) groups excluding carboxylic acids is 1. The van der Waals surface area contributed by atoms with Gasteiger partial charge in [-0.25, -0.2) is 0 Å². The molecule has 0 radical (unpaired) electrons. The number of hydrogen-bond acceptors (Lipinski definition) is 3. The van der Waals surface area contributed by atoms with Crippen molar-refractivity contribution in [3.05, 3.63) is 22.4 Å². The Morgan fingerprint density at radius 1 is 1.62 bits per heavy atom. The van der Waals surface area contributed by atoms with Gasteiger partial charge in [0.25, 0.3) is 0 Å². The summed E-state index contributed by atoms with van der Waals surface area (Å²) in [5.41, 5.74) is 0. The highest BCUT2D eigenvalue weighted by Crippen LogP contribution is 2.35. The molecule has 0 aromatic carbocycles. The first-order valence-corrected chi connectivity index (χ1v) is 5.94. The van der Waals surface area contributed by atoms with Crippen LogP contribution in [0.15, 0.2) is 17.5 Å². The summed E-state index contributed by atoms with van der Waals surface area (Å²) < 4.78 is 5.27. The Labute approximate surface area is 89.0 Å². The molecule has 2 heterocycles. The third-order valence-electron chi connectivity index (χ3n) is 2.03. The molecule has 13 heavy (non-hydrogen) atoms. The van der Waals surface area contributed by atoms with Crippen LogP contribution in [0.5, 0.6) is 0 Å². The van der Waals surface area contributed by atoms with Crippen molar-refractivity contribution in [1.82, 2.24) is 0 Å². The number of ether oxygens (including phenoxy) is 1. The lowest BCUT2D eigenvalue weighted by molar-refractivity contribution is -0.153. The molecule has 0 bridgehead atoms. The van der Waals surface area contributed by atoms with Gasteiger partial charge in [0.2, 0.25) is 0 Å². The summed E-state index contributed by atoms with van der Waals surface area (Å²) in [5, 5.41) is 2.00. The van der Waals surface area contributed by atoms with Crippen LogP contribution in [0, 0.1) is 0 Å². The second kappa shape index (κ2) is 3.80. The fourth-order valence-corrected chi connectivity index (χ4v) is 2.99. The quantitative estimate of drug-likeness (QED) is 0.574. The van der Waals surface area contributed by atoms with Crippen molar-refractivity contribution in [1.29, 1.82) is 0 Å². The van der Waals surface area contributed by atoms with Crippen molar-refractivity contribution >= 4 is 33.2 Å². The van der Waals surface area contributed by atoms with E-state index in [4.69, 9.17) is 4.74 Å². The topological polar surface area (TPSA) is 26.3 Å². The van der Waals surface area contributed by atoms with Gasteiger partial charge in [-0.05, 0) is 17.9 Å².